The minimum absolute atomic E-state index is 0.200. The van der Waals surface area contributed by atoms with E-state index < -0.39 is 22.4 Å². The van der Waals surface area contributed by atoms with E-state index in [0.717, 1.165) is 0 Å². The van der Waals surface area contributed by atoms with Gasteiger partial charge in [-0.05, 0) is 20.3 Å². The van der Waals surface area contributed by atoms with E-state index in [1.54, 1.807) is 13.8 Å². The first-order chi connectivity index (χ1) is 9.80. The molecule has 0 radical (unpaired) electrons. The zero-order valence-corrected chi connectivity index (χ0v) is 13.4. The Balaban J connectivity index is 2.56. The number of nitrogens with zero attached hydrogens (tertiary/aromatic N) is 3. The molecule has 1 aliphatic heterocycles. The highest BCUT2D eigenvalue weighted by Crippen LogP contribution is 2.11. The Morgan fingerprint density at radius 2 is 1.90 bits per heavy atom. The summed E-state index contributed by atoms with van der Waals surface area (Å²) >= 11 is 0. The van der Waals surface area contributed by atoms with Crippen LogP contribution >= 0.6 is 0 Å². The molecule has 0 aromatic heterocycles. The van der Waals surface area contributed by atoms with Crippen molar-refractivity contribution >= 4 is 16.3 Å². The third-order valence-corrected chi connectivity index (χ3v) is 4.61. The van der Waals surface area contributed by atoms with Gasteiger partial charge >= 0.3 is 16.3 Å². The van der Waals surface area contributed by atoms with E-state index in [1.807, 2.05) is 16.5 Å². The van der Waals surface area contributed by atoms with Crippen molar-refractivity contribution in [1.82, 2.24) is 13.9 Å². The van der Waals surface area contributed by atoms with Gasteiger partial charge in [0.2, 0.25) is 0 Å². The average molecular weight is 318 g/mol. The van der Waals surface area contributed by atoms with Crippen molar-refractivity contribution in [3.05, 3.63) is 0 Å². The zero-order valence-electron chi connectivity index (χ0n) is 12.6. The van der Waals surface area contributed by atoms with Crippen LogP contribution in [-0.2, 0) is 14.9 Å². The van der Waals surface area contributed by atoms with Crippen LogP contribution < -0.4 is 4.72 Å². The number of piperazine rings is 1. The summed E-state index contributed by atoms with van der Waals surface area (Å²) < 4.78 is 31.9. The third kappa shape index (κ3) is 5.15. The lowest BCUT2D eigenvalue weighted by Crippen LogP contribution is -2.54. The molecular formula is C12H22N4O4S. The molecule has 1 saturated heterocycles. The monoisotopic (exact) mass is 318 g/mol. The summed E-state index contributed by atoms with van der Waals surface area (Å²) in [4.78, 5) is 13.3. The van der Waals surface area contributed by atoms with Gasteiger partial charge in [0, 0.05) is 26.2 Å². The lowest BCUT2D eigenvalue weighted by Gasteiger charge is -2.35. The van der Waals surface area contributed by atoms with Gasteiger partial charge in [-0.2, -0.15) is 18.0 Å². The van der Waals surface area contributed by atoms with Gasteiger partial charge in [0.1, 0.15) is 0 Å². The molecule has 0 spiro atoms. The first-order valence-electron chi connectivity index (χ1n) is 6.92. The third-order valence-electron chi connectivity index (χ3n) is 3.14. The average Bonchev–Trinajstić information content (AvgIpc) is 2.39. The molecule has 8 nitrogen and oxygen atoms in total. The first kappa shape index (κ1) is 17.7. The number of hydrogen-bond donors (Lipinski definition) is 1. The number of carbonyl (C=O) groups excluding carboxylic acids is 1. The molecule has 1 rings (SSSR count). The highest BCUT2D eigenvalue weighted by molar-refractivity contribution is 7.87. The Morgan fingerprint density at radius 1 is 1.33 bits per heavy atom. The van der Waals surface area contributed by atoms with E-state index in [4.69, 9.17) is 10.00 Å². The van der Waals surface area contributed by atoms with Crippen LogP contribution in [0.25, 0.3) is 0 Å². The predicted molar refractivity (Wildman–Crippen MR) is 76.5 cm³/mol. The van der Waals surface area contributed by atoms with Gasteiger partial charge in [0.25, 0.3) is 0 Å². The summed E-state index contributed by atoms with van der Waals surface area (Å²) in [5, 5.41) is 9.01. The highest BCUT2D eigenvalue weighted by Gasteiger charge is 2.30. The van der Waals surface area contributed by atoms with Crippen LogP contribution in [0.3, 0.4) is 0 Å². The Kier molecular flexibility index (Phi) is 6.39. The van der Waals surface area contributed by atoms with Crippen LogP contribution in [0.2, 0.25) is 0 Å². The minimum Gasteiger partial charge on any atom is -0.446 e. The number of amides is 1. The summed E-state index contributed by atoms with van der Waals surface area (Å²) in [5.41, 5.74) is 0. The maximum atomic E-state index is 12.0. The standard InChI is InChI=1S/C12H22N4O4S/c1-4-11(9-13)15-5-7-16(8-6-15)21(18,19)14-12(17)20-10(2)3/h10-11H,4-8H2,1-3H3,(H,14,17). The molecule has 0 saturated carbocycles. The molecule has 1 heterocycles. The van der Waals surface area contributed by atoms with E-state index in [-0.39, 0.29) is 19.1 Å². The lowest BCUT2D eigenvalue weighted by molar-refractivity contribution is 0.119. The summed E-state index contributed by atoms with van der Waals surface area (Å²) in [6.45, 7) is 6.60. The molecule has 21 heavy (non-hydrogen) atoms. The maximum Gasteiger partial charge on any atom is 0.422 e. The van der Waals surface area contributed by atoms with Gasteiger partial charge in [-0.1, -0.05) is 6.92 Å². The Labute approximate surface area is 125 Å². The second kappa shape index (κ2) is 7.59. The molecule has 0 aromatic rings. The van der Waals surface area contributed by atoms with Crippen molar-refractivity contribution in [2.24, 2.45) is 0 Å². The van der Waals surface area contributed by atoms with E-state index in [0.29, 0.717) is 19.5 Å². The van der Waals surface area contributed by atoms with Crippen molar-refractivity contribution in [2.45, 2.75) is 39.3 Å². The molecule has 1 N–H and O–H groups in total. The van der Waals surface area contributed by atoms with Crippen LogP contribution in [0.1, 0.15) is 27.2 Å². The fourth-order valence-electron chi connectivity index (χ4n) is 2.09. The summed E-state index contributed by atoms with van der Waals surface area (Å²) in [5.74, 6) is 0. The van der Waals surface area contributed by atoms with Crippen LogP contribution in [0.5, 0.6) is 0 Å². The number of hydrogen-bond acceptors (Lipinski definition) is 6. The Morgan fingerprint density at radius 3 is 2.33 bits per heavy atom. The number of carbonyl (C=O) groups is 1. The van der Waals surface area contributed by atoms with Crippen molar-refractivity contribution in [1.29, 1.82) is 5.26 Å². The topological polar surface area (TPSA) is 103 Å². The number of rotatable bonds is 5. The molecule has 1 amide bonds. The number of nitrogens with one attached hydrogen (secondary N) is 1. The van der Waals surface area contributed by atoms with Gasteiger partial charge in [-0.15, -0.1) is 0 Å². The van der Waals surface area contributed by atoms with Crippen molar-refractivity contribution < 1.29 is 17.9 Å². The molecule has 1 fully saturated rings. The number of ether oxygens (including phenoxy) is 1. The zero-order chi connectivity index (χ0) is 16.0. The van der Waals surface area contributed by atoms with Gasteiger partial charge in [0.15, 0.2) is 0 Å². The second-order valence-corrected chi connectivity index (χ2v) is 6.72. The van der Waals surface area contributed by atoms with E-state index >= 15 is 0 Å². The fourth-order valence-corrected chi connectivity index (χ4v) is 3.13. The SMILES string of the molecule is CCC(C#N)N1CCN(S(=O)(=O)NC(=O)OC(C)C)CC1. The predicted octanol–water partition coefficient (Wildman–Crippen LogP) is 0.286. The number of nitriles is 1. The molecule has 1 unspecified atom stereocenters. The molecule has 9 heteroatoms. The van der Waals surface area contributed by atoms with Gasteiger partial charge in [0.05, 0.1) is 18.2 Å². The Bertz CT molecular complexity index is 492. The van der Waals surface area contributed by atoms with Gasteiger partial charge in [-0.3, -0.25) is 4.90 Å². The van der Waals surface area contributed by atoms with Crippen molar-refractivity contribution in [3.8, 4) is 6.07 Å². The van der Waals surface area contributed by atoms with Crippen LogP contribution in [0.4, 0.5) is 4.79 Å². The molecule has 1 atom stereocenters. The normalized spacial score (nSPS) is 19.0. The molecule has 1 aliphatic rings. The Hall–Kier alpha value is -1.37. The molecular weight excluding hydrogens is 296 g/mol. The van der Waals surface area contributed by atoms with Crippen molar-refractivity contribution in [2.75, 3.05) is 26.2 Å². The molecule has 120 valence electrons. The highest BCUT2D eigenvalue weighted by atomic mass is 32.2. The first-order valence-corrected chi connectivity index (χ1v) is 8.36. The van der Waals surface area contributed by atoms with Crippen molar-refractivity contribution in [3.63, 3.8) is 0 Å². The van der Waals surface area contributed by atoms with E-state index in [2.05, 4.69) is 6.07 Å². The van der Waals surface area contributed by atoms with E-state index in [9.17, 15) is 13.2 Å². The smallest absolute Gasteiger partial charge is 0.422 e. The van der Waals surface area contributed by atoms with Gasteiger partial charge < -0.3 is 4.74 Å². The summed E-state index contributed by atoms with van der Waals surface area (Å²) in [7, 11) is -3.89. The lowest BCUT2D eigenvalue weighted by atomic mass is 10.2. The van der Waals surface area contributed by atoms with E-state index in [1.165, 1.54) is 4.31 Å². The van der Waals surface area contributed by atoms with Crippen LogP contribution in [0, 0.1) is 11.3 Å². The minimum atomic E-state index is -3.89. The summed E-state index contributed by atoms with van der Waals surface area (Å²) in [6, 6.07) is 2.00. The fraction of sp³-hybridized carbons (Fsp3) is 0.833. The molecule has 0 bridgehead atoms. The van der Waals surface area contributed by atoms with Crippen LogP contribution in [-0.4, -0.2) is 62.0 Å². The van der Waals surface area contributed by atoms with Gasteiger partial charge in [-0.25, -0.2) is 9.52 Å². The quantitative estimate of drug-likeness (QED) is 0.781. The molecule has 0 aliphatic carbocycles. The largest absolute Gasteiger partial charge is 0.446 e. The second-order valence-electron chi connectivity index (χ2n) is 5.05. The molecule has 0 aromatic carbocycles. The summed E-state index contributed by atoms with van der Waals surface area (Å²) in [6.07, 6.45) is -0.670. The van der Waals surface area contributed by atoms with Crippen LogP contribution in [0.15, 0.2) is 0 Å². The maximum absolute atomic E-state index is 12.0.